The van der Waals surface area contributed by atoms with Gasteiger partial charge < -0.3 is 4.74 Å². The molecule has 0 radical (unpaired) electrons. The molecule has 1 aromatic rings. The summed E-state index contributed by atoms with van der Waals surface area (Å²) >= 11 is 0. The van der Waals surface area contributed by atoms with Crippen molar-refractivity contribution in [2.24, 2.45) is 0 Å². The Labute approximate surface area is 71.2 Å². The van der Waals surface area contributed by atoms with Crippen LogP contribution in [-0.4, -0.2) is 11.9 Å². The van der Waals surface area contributed by atoms with Crippen LogP contribution in [0.5, 0.6) is 5.75 Å². The monoisotopic (exact) mass is 162 g/mol. The van der Waals surface area contributed by atoms with Crippen LogP contribution in [0.1, 0.15) is 22.8 Å². The number of benzene rings is 1. The molecule has 0 spiro atoms. The molecule has 0 saturated carbocycles. The van der Waals surface area contributed by atoms with E-state index in [2.05, 4.69) is 0 Å². The van der Waals surface area contributed by atoms with Gasteiger partial charge in [-0.25, -0.2) is 0 Å². The second-order valence-corrected chi connectivity index (χ2v) is 3.07. The highest BCUT2D eigenvalue weighted by molar-refractivity contribution is 6.05. The van der Waals surface area contributed by atoms with Crippen molar-refractivity contribution in [2.45, 2.75) is 20.0 Å². The molecule has 12 heavy (non-hydrogen) atoms. The van der Waals surface area contributed by atoms with Crippen molar-refractivity contribution in [3.8, 4) is 5.75 Å². The lowest BCUT2D eigenvalue weighted by Crippen LogP contribution is -2.15. The van der Waals surface area contributed by atoms with E-state index in [1.807, 2.05) is 25.1 Å². The number of ketones is 1. The van der Waals surface area contributed by atoms with Crippen molar-refractivity contribution in [3.05, 3.63) is 29.3 Å². The third-order valence-electron chi connectivity index (χ3n) is 2.15. The normalized spacial score (nSPS) is 20.5. The number of hydrogen-bond donors (Lipinski definition) is 0. The fourth-order valence-electron chi connectivity index (χ4n) is 1.50. The van der Waals surface area contributed by atoms with Crippen LogP contribution in [0.25, 0.3) is 0 Å². The topological polar surface area (TPSA) is 26.3 Å². The minimum absolute atomic E-state index is 0.100. The number of ether oxygens (including phenoxy) is 1. The van der Waals surface area contributed by atoms with Crippen LogP contribution < -0.4 is 4.74 Å². The Morgan fingerprint density at radius 3 is 2.83 bits per heavy atom. The SMILES string of the molecule is Cc1cccc2c1C(=O)C(C)O2. The van der Waals surface area contributed by atoms with Crippen molar-refractivity contribution >= 4 is 5.78 Å². The number of hydrogen-bond acceptors (Lipinski definition) is 2. The van der Waals surface area contributed by atoms with Crippen molar-refractivity contribution in [1.29, 1.82) is 0 Å². The van der Waals surface area contributed by atoms with E-state index < -0.39 is 0 Å². The summed E-state index contributed by atoms with van der Waals surface area (Å²) < 4.78 is 5.35. The average molecular weight is 162 g/mol. The van der Waals surface area contributed by atoms with Crippen LogP contribution in [0.15, 0.2) is 18.2 Å². The summed E-state index contributed by atoms with van der Waals surface area (Å²) in [4.78, 5) is 11.5. The Balaban J connectivity index is 2.62. The van der Waals surface area contributed by atoms with E-state index >= 15 is 0 Å². The summed E-state index contributed by atoms with van der Waals surface area (Å²) in [5, 5.41) is 0. The van der Waals surface area contributed by atoms with Crippen LogP contribution in [0.3, 0.4) is 0 Å². The van der Waals surface area contributed by atoms with Crippen LogP contribution in [-0.2, 0) is 0 Å². The lowest BCUT2D eigenvalue weighted by molar-refractivity contribution is 0.0878. The zero-order chi connectivity index (χ0) is 8.72. The minimum atomic E-state index is -0.305. The molecule has 2 heteroatoms. The predicted octanol–water partition coefficient (Wildman–Crippen LogP) is 1.96. The highest BCUT2D eigenvalue weighted by atomic mass is 16.5. The lowest BCUT2D eigenvalue weighted by atomic mass is 10.0. The van der Waals surface area contributed by atoms with E-state index in [1.54, 1.807) is 6.92 Å². The predicted molar refractivity (Wildman–Crippen MR) is 45.6 cm³/mol. The first kappa shape index (κ1) is 7.35. The van der Waals surface area contributed by atoms with Crippen LogP contribution in [0, 0.1) is 6.92 Å². The van der Waals surface area contributed by atoms with E-state index in [4.69, 9.17) is 4.74 Å². The molecule has 0 aromatic heterocycles. The maximum absolute atomic E-state index is 11.5. The average Bonchev–Trinajstić information content (AvgIpc) is 2.29. The molecule has 62 valence electrons. The molecular weight excluding hydrogens is 152 g/mol. The van der Waals surface area contributed by atoms with Gasteiger partial charge in [-0.15, -0.1) is 0 Å². The second-order valence-electron chi connectivity index (χ2n) is 3.07. The fourth-order valence-corrected chi connectivity index (χ4v) is 1.50. The van der Waals surface area contributed by atoms with Gasteiger partial charge in [0.15, 0.2) is 6.10 Å². The number of aryl methyl sites for hydroxylation is 1. The largest absolute Gasteiger partial charge is 0.482 e. The first-order chi connectivity index (χ1) is 5.70. The molecule has 1 unspecified atom stereocenters. The van der Waals surface area contributed by atoms with Crippen molar-refractivity contribution in [3.63, 3.8) is 0 Å². The molecule has 1 heterocycles. The number of fused-ring (bicyclic) bond motifs is 1. The highest BCUT2D eigenvalue weighted by Gasteiger charge is 2.29. The van der Waals surface area contributed by atoms with E-state index in [9.17, 15) is 4.79 Å². The maximum atomic E-state index is 11.5. The van der Waals surface area contributed by atoms with Gasteiger partial charge in [0, 0.05) is 0 Å². The fraction of sp³-hybridized carbons (Fsp3) is 0.300. The summed E-state index contributed by atoms with van der Waals surface area (Å²) in [6, 6.07) is 5.67. The van der Waals surface area contributed by atoms with E-state index in [-0.39, 0.29) is 11.9 Å². The van der Waals surface area contributed by atoms with Gasteiger partial charge >= 0.3 is 0 Å². The quantitative estimate of drug-likeness (QED) is 0.583. The van der Waals surface area contributed by atoms with Gasteiger partial charge in [0.25, 0.3) is 0 Å². The van der Waals surface area contributed by atoms with Crippen molar-refractivity contribution in [1.82, 2.24) is 0 Å². The van der Waals surface area contributed by atoms with Gasteiger partial charge in [-0.1, -0.05) is 12.1 Å². The summed E-state index contributed by atoms with van der Waals surface area (Å²) in [5.41, 5.74) is 1.76. The first-order valence-electron chi connectivity index (χ1n) is 4.00. The van der Waals surface area contributed by atoms with Crippen LogP contribution in [0.4, 0.5) is 0 Å². The van der Waals surface area contributed by atoms with Gasteiger partial charge in [0.2, 0.25) is 5.78 Å². The molecule has 0 amide bonds. The molecule has 1 aromatic carbocycles. The van der Waals surface area contributed by atoms with E-state index in [0.717, 1.165) is 16.9 Å². The molecule has 0 fully saturated rings. The smallest absolute Gasteiger partial charge is 0.206 e. The van der Waals surface area contributed by atoms with Crippen LogP contribution >= 0.6 is 0 Å². The first-order valence-corrected chi connectivity index (χ1v) is 4.00. The molecular formula is C10H10O2. The Morgan fingerprint density at radius 1 is 1.42 bits per heavy atom. The number of carbonyl (C=O) groups is 1. The molecule has 2 nitrogen and oxygen atoms in total. The molecule has 2 rings (SSSR count). The minimum Gasteiger partial charge on any atom is -0.482 e. The van der Waals surface area contributed by atoms with E-state index in [1.165, 1.54) is 0 Å². The molecule has 1 aliphatic heterocycles. The molecule has 0 N–H and O–H groups in total. The highest BCUT2D eigenvalue weighted by Crippen LogP contribution is 2.30. The maximum Gasteiger partial charge on any atom is 0.206 e. The van der Waals surface area contributed by atoms with Gasteiger partial charge in [-0.3, -0.25) is 4.79 Å². The second kappa shape index (κ2) is 2.34. The molecule has 0 saturated heterocycles. The third kappa shape index (κ3) is 0.843. The molecule has 0 bridgehead atoms. The summed E-state index contributed by atoms with van der Waals surface area (Å²) in [5.74, 6) is 0.829. The molecule has 0 aliphatic carbocycles. The number of rotatable bonds is 0. The van der Waals surface area contributed by atoms with Crippen molar-refractivity contribution in [2.75, 3.05) is 0 Å². The Bertz CT molecular complexity index is 342. The van der Waals surface area contributed by atoms with Gasteiger partial charge in [0.05, 0.1) is 5.56 Å². The Hall–Kier alpha value is -1.31. The van der Waals surface area contributed by atoms with Gasteiger partial charge in [0.1, 0.15) is 5.75 Å². The van der Waals surface area contributed by atoms with Gasteiger partial charge in [-0.2, -0.15) is 0 Å². The third-order valence-corrected chi connectivity index (χ3v) is 2.15. The van der Waals surface area contributed by atoms with Crippen molar-refractivity contribution < 1.29 is 9.53 Å². The Kier molecular flexibility index (Phi) is 1.43. The number of Topliss-reactive ketones (excluding diaryl/α,β-unsaturated/α-hetero) is 1. The summed E-state index contributed by atoms with van der Waals surface area (Å²) in [6.07, 6.45) is -0.305. The van der Waals surface area contributed by atoms with Crippen LogP contribution in [0.2, 0.25) is 0 Å². The van der Waals surface area contributed by atoms with E-state index in [0.29, 0.717) is 0 Å². The summed E-state index contributed by atoms with van der Waals surface area (Å²) in [7, 11) is 0. The molecule has 1 atom stereocenters. The number of carbonyl (C=O) groups excluding carboxylic acids is 1. The lowest BCUT2D eigenvalue weighted by Gasteiger charge is -1.99. The summed E-state index contributed by atoms with van der Waals surface area (Å²) in [6.45, 7) is 3.71. The zero-order valence-corrected chi connectivity index (χ0v) is 7.13. The standard InChI is InChI=1S/C10H10O2/c1-6-4-3-5-8-9(6)10(11)7(2)12-8/h3-5,7H,1-2H3. The van der Waals surface area contributed by atoms with Gasteiger partial charge in [-0.05, 0) is 25.5 Å². The molecule has 1 aliphatic rings. The zero-order valence-electron chi connectivity index (χ0n) is 7.13. The Morgan fingerprint density at radius 2 is 2.17 bits per heavy atom.